The Kier molecular flexibility index (Phi) is 20.6. The summed E-state index contributed by atoms with van der Waals surface area (Å²) < 4.78 is 24.4. The van der Waals surface area contributed by atoms with Crippen LogP contribution in [0.2, 0.25) is 0 Å². The maximum absolute atomic E-state index is 8.41. The van der Waals surface area contributed by atoms with E-state index in [-0.39, 0.29) is 5.49 Å². The summed E-state index contributed by atoms with van der Waals surface area (Å²) in [6.07, 6.45) is 23.0. The normalized spacial score (nSPS) is 11.8. The first-order valence-electron chi connectivity index (χ1n) is 31.0. The van der Waals surface area contributed by atoms with Gasteiger partial charge in [-0.3, -0.25) is 30.2 Å². The van der Waals surface area contributed by atoms with Gasteiger partial charge in [0.2, 0.25) is 0 Å². The number of rotatable bonds is 18. The van der Waals surface area contributed by atoms with Crippen LogP contribution < -0.4 is 25.6 Å². The largest absolute Gasteiger partial charge is 0.495 e. The first-order valence-corrected chi connectivity index (χ1v) is 31.0. The molecule has 0 bridgehead atoms. The second kappa shape index (κ2) is 30.4. The molecule has 5 N–H and O–H groups in total. The molecule has 1 saturated carbocycles. The summed E-state index contributed by atoms with van der Waals surface area (Å²) >= 11 is 0. The molecule has 0 amide bonds. The lowest BCUT2D eigenvalue weighted by Gasteiger charge is -2.25. The van der Waals surface area contributed by atoms with E-state index in [1.165, 1.54) is 23.9 Å². The maximum atomic E-state index is 8.41. The molecular formula is C67H72N24O3. The van der Waals surface area contributed by atoms with Crippen molar-refractivity contribution in [3.63, 3.8) is 0 Å². The molecule has 94 heavy (non-hydrogen) atoms. The molecule has 0 radical (unpaired) electrons. The lowest BCUT2D eigenvalue weighted by molar-refractivity contribution is 0.183. The fraction of sp³-hybridized carbons (Fsp3) is 0.254. The van der Waals surface area contributed by atoms with Crippen LogP contribution in [0, 0.1) is 10.8 Å². The molecule has 13 heterocycles. The Morgan fingerprint density at radius 2 is 1.19 bits per heavy atom. The molecular weight excluding hydrogens is 1190 g/mol. The first-order chi connectivity index (χ1) is 46.2. The van der Waals surface area contributed by atoms with Crippen LogP contribution in [0.4, 0.5) is 11.4 Å². The minimum atomic E-state index is 0.205. The SMILES string of the molecule is CC.CC.COCCn1cc(-c2ccc3nnc(CNc4ccnc5cc(OC)cnc45)n3n2)cn1.COc1cnc2c(NCc3nnc4ccc(-c5cnn(C6CCC6)c5)nn34)ccnc2c1.N=C(CCc1ccnc2[nH]ccc12)n1nc(-c2ccccc2)ccc1=N. The number of aryl methyl sites for hydroxylation is 1. The van der Waals surface area contributed by atoms with E-state index in [2.05, 4.69) is 87.1 Å². The molecule has 27 heteroatoms. The van der Waals surface area contributed by atoms with E-state index in [4.69, 9.17) is 35.2 Å². The highest BCUT2D eigenvalue weighted by Gasteiger charge is 2.21. The third kappa shape index (κ3) is 14.5. The minimum absolute atomic E-state index is 0.205. The van der Waals surface area contributed by atoms with Gasteiger partial charge < -0.3 is 29.8 Å². The van der Waals surface area contributed by atoms with E-state index in [1.807, 2.05) is 148 Å². The zero-order chi connectivity index (χ0) is 65.3. The van der Waals surface area contributed by atoms with Gasteiger partial charge in [-0.15, -0.1) is 20.4 Å². The quantitative estimate of drug-likeness (QED) is 0.0394. The molecule has 27 nitrogen and oxygen atoms in total. The van der Waals surface area contributed by atoms with E-state index in [0.29, 0.717) is 85.4 Å². The van der Waals surface area contributed by atoms with Crippen LogP contribution in [0.3, 0.4) is 0 Å². The third-order valence-electron chi connectivity index (χ3n) is 15.2. The predicted octanol–water partition coefficient (Wildman–Crippen LogP) is 10.9. The zero-order valence-corrected chi connectivity index (χ0v) is 53.3. The Morgan fingerprint density at radius 3 is 1.79 bits per heavy atom. The van der Waals surface area contributed by atoms with Gasteiger partial charge in [-0.25, -0.2) is 19.6 Å². The number of ether oxygens (including phenoxy) is 3. The predicted molar refractivity (Wildman–Crippen MR) is 359 cm³/mol. The number of nitrogens with one attached hydrogen (secondary N) is 5. The Bertz CT molecular complexity index is 4890. The van der Waals surface area contributed by atoms with Gasteiger partial charge >= 0.3 is 0 Å². The molecule has 1 aliphatic carbocycles. The lowest BCUT2D eigenvalue weighted by Crippen LogP contribution is -2.29. The van der Waals surface area contributed by atoms with Gasteiger partial charge in [-0.1, -0.05) is 58.0 Å². The first kappa shape index (κ1) is 63.8. The van der Waals surface area contributed by atoms with Crippen LogP contribution in [0.1, 0.15) is 76.6 Å². The van der Waals surface area contributed by atoms with Crippen molar-refractivity contribution in [3.05, 3.63) is 188 Å². The van der Waals surface area contributed by atoms with Crippen LogP contribution in [-0.4, -0.2) is 133 Å². The van der Waals surface area contributed by atoms with Crippen LogP contribution in [-0.2, 0) is 30.8 Å². The second-order valence-corrected chi connectivity index (χ2v) is 20.9. The molecule has 0 spiro atoms. The number of methoxy groups -OCH3 is 3. The van der Waals surface area contributed by atoms with Crippen LogP contribution in [0.5, 0.6) is 11.5 Å². The van der Waals surface area contributed by atoms with Crippen molar-refractivity contribution in [2.45, 2.75) is 85.5 Å². The second-order valence-electron chi connectivity index (χ2n) is 20.9. The Hall–Kier alpha value is -11.7. The van der Waals surface area contributed by atoms with E-state index in [1.54, 1.807) is 73.6 Å². The van der Waals surface area contributed by atoms with Gasteiger partial charge in [-0.05, 0) is 91.9 Å². The number of aromatic nitrogens is 20. The Balaban J connectivity index is 0.000000141. The molecule has 1 aromatic carbocycles. The van der Waals surface area contributed by atoms with Gasteiger partial charge in [0.25, 0.3) is 0 Å². The fourth-order valence-electron chi connectivity index (χ4n) is 10.2. The lowest BCUT2D eigenvalue weighted by atomic mass is 9.93. The molecule has 0 aliphatic heterocycles. The van der Waals surface area contributed by atoms with Crippen molar-refractivity contribution in [2.75, 3.05) is 38.6 Å². The van der Waals surface area contributed by atoms with Gasteiger partial charge in [0.15, 0.2) is 22.9 Å². The van der Waals surface area contributed by atoms with Gasteiger partial charge in [0.05, 0.1) is 111 Å². The Morgan fingerprint density at radius 1 is 0.606 bits per heavy atom. The van der Waals surface area contributed by atoms with E-state index in [0.717, 1.165) is 83.8 Å². The minimum Gasteiger partial charge on any atom is -0.495 e. The summed E-state index contributed by atoms with van der Waals surface area (Å²) in [6, 6.07) is 32.9. The van der Waals surface area contributed by atoms with E-state index in [9.17, 15) is 0 Å². The molecule has 0 atom stereocenters. The topological polar surface area (TPSA) is 319 Å². The van der Waals surface area contributed by atoms with Crippen molar-refractivity contribution < 1.29 is 14.2 Å². The highest BCUT2D eigenvalue weighted by atomic mass is 16.5. The fourth-order valence-corrected chi connectivity index (χ4v) is 10.2. The van der Waals surface area contributed by atoms with E-state index < -0.39 is 0 Å². The van der Waals surface area contributed by atoms with Crippen molar-refractivity contribution in [1.82, 2.24) is 98.9 Å². The molecule has 1 fully saturated rings. The summed E-state index contributed by atoms with van der Waals surface area (Å²) in [5, 5.41) is 64.3. The van der Waals surface area contributed by atoms with Gasteiger partial charge in [0, 0.05) is 84.9 Å². The standard InChI is InChI=1S/C22H21N9O.C21H21N9O2.C20H18N6.2C2H6/c1-32-16-9-19-22(25-11-16)18(7-8-23-19)24-12-21-28-27-20-6-5-17(29-31(20)21)14-10-26-30(13-14)15-3-2-4-15;1-31-8-7-29-13-14(10-25-29)16-3-4-19-26-27-20(30(19)28-16)12-23-17-5-6-22-18-9-15(32-2)11-24-21(17)18;21-18(8-6-14-10-12-23-20-16(14)11-13-24-20)26-19(22)9-7-17(25-26)15-4-2-1-3-5-15;2*1-2/h5-11,13,15H,2-4,12H2,1H3,(H,23,24);3-6,9-11,13H,7-8,12H2,1-2H3,(H,22,23);1-5,7,9-13,21-22H,6,8H2,(H,23,24);2*1-2H3. The number of aromatic amines is 1. The number of pyridine rings is 5. The van der Waals surface area contributed by atoms with Crippen molar-refractivity contribution in [1.29, 1.82) is 10.8 Å². The number of hydrogen-bond acceptors (Lipinski definition) is 21. The highest BCUT2D eigenvalue weighted by Crippen LogP contribution is 2.32. The van der Waals surface area contributed by atoms with Crippen LogP contribution in [0.25, 0.3) is 78.2 Å². The van der Waals surface area contributed by atoms with Gasteiger partial charge in [0.1, 0.15) is 39.5 Å². The number of benzene rings is 1. The molecule has 15 rings (SSSR count). The summed E-state index contributed by atoms with van der Waals surface area (Å²) in [6.45, 7) is 10.1. The number of nitrogens with zero attached hydrogens (tertiary/aromatic N) is 19. The van der Waals surface area contributed by atoms with Gasteiger partial charge in [-0.2, -0.15) is 34.5 Å². The number of anilines is 2. The number of fused-ring (bicyclic) bond motifs is 5. The zero-order valence-electron chi connectivity index (χ0n) is 53.3. The average molecular weight is 1260 g/mol. The van der Waals surface area contributed by atoms with Crippen molar-refractivity contribution in [3.8, 4) is 45.3 Å². The molecule has 1 aliphatic rings. The monoisotopic (exact) mass is 1260 g/mol. The maximum Gasteiger partial charge on any atom is 0.178 e. The summed E-state index contributed by atoms with van der Waals surface area (Å²) in [5.74, 6) is 3.00. The molecule has 13 aromatic heterocycles. The summed E-state index contributed by atoms with van der Waals surface area (Å²) in [7, 11) is 4.89. The number of hydrogen-bond donors (Lipinski definition) is 5. The summed E-state index contributed by atoms with van der Waals surface area (Å²) in [4.78, 5) is 25.1. The molecule has 14 aromatic rings. The van der Waals surface area contributed by atoms with E-state index >= 15 is 0 Å². The summed E-state index contributed by atoms with van der Waals surface area (Å²) in [5.41, 5.74) is 13.5. The highest BCUT2D eigenvalue weighted by molar-refractivity contribution is 5.89. The van der Waals surface area contributed by atoms with Crippen LogP contribution >= 0.6 is 0 Å². The van der Waals surface area contributed by atoms with Crippen LogP contribution in [0.15, 0.2) is 165 Å². The number of H-pyrrole nitrogens is 1. The third-order valence-corrected chi connectivity index (χ3v) is 15.2. The molecule has 478 valence electrons. The average Bonchev–Trinajstić information content (AvgIpc) is 2.07. The molecule has 0 saturated heterocycles. The Labute approximate surface area is 540 Å². The molecule has 0 unspecified atom stereocenters. The smallest absolute Gasteiger partial charge is 0.178 e. The van der Waals surface area contributed by atoms with Crippen molar-refractivity contribution >= 4 is 61.6 Å². The van der Waals surface area contributed by atoms with Crippen molar-refractivity contribution in [2.24, 2.45) is 0 Å².